The lowest BCUT2D eigenvalue weighted by Gasteiger charge is -2.27. The van der Waals surface area contributed by atoms with Crippen LogP contribution in [0.2, 0.25) is 0 Å². The maximum atomic E-state index is 6.02. The normalized spacial score (nSPS) is 18.3. The van der Waals surface area contributed by atoms with E-state index in [1.54, 1.807) is 11.3 Å². The van der Waals surface area contributed by atoms with Crippen LogP contribution in [0.25, 0.3) is 0 Å². The molecule has 6 heteroatoms. The van der Waals surface area contributed by atoms with E-state index in [9.17, 15) is 0 Å². The van der Waals surface area contributed by atoms with Gasteiger partial charge in [0.05, 0.1) is 0 Å². The van der Waals surface area contributed by atoms with E-state index in [1.807, 2.05) is 11.8 Å². The zero-order chi connectivity index (χ0) is 12.1. The minimum Gasteiger partial charge on any atom is -0.370 e. The van der Waals surface area contributed by atoms with Crippen LogP contribution in [0.15, 0.2) is 21.8 Å². The minimum absolute atomic E-state index is 0. The Hall–Kier alpha value is 0.0500. The predicted molar refractivity (Wildman–Crippen MR) is 93.5 cm³/mol. The quantitative estimate of drug-likeness (QED) is 0.485. The highest BCUT2D eigenvalue weighted by Gasteiger charge is 2.12. The van der Waals surface area contributed by atoms with Crippen LogP contribution >= 0.6 is 47.1 Å². The Morgan fingerprint density at radius 1 is 1.50 bits per heavy atom. The number of thiophene rings is 1. The average molecular weight is 397 g/mol. The number of nitrogens with two attached hydrogens (primary N) is 1. The highest BCUT2D eigenvalue weighted by molar-refractivity contribution is 14.0. The van der Waals surface area contributed by atoms with Gasteiger partial charge in [-0.2, -0.15) is 23.1 Å². The highest BCUT2D eigenvalue weighted by Crippen LogP contribution is 2.18. The zero-order valence-electron chi connectivity index (χ0n) is 10.5. The molecule has 102 valence electrons. The van der Waals surface area contributed by atoms with Gasteiger partial charge in [-0.3, -0.25) is 4.99 Å². The summed E-state index contributed by atoms with van der Waals surface area (Å²) >= 11 is 3.72. The number of nitrogens with zero attached hydrogens (tertiary/aromatic N) is 2. The Balaban J connectivity index is 0.00000162. The number of hydrogen-bond donors (Lipinski definition) is 1. The first-order chi connectivity index (χ1) is 8.27. The van der Waals surface area contributed by atoms with Crippen LogP contribution in [-0.4, -0.2) is 42.0 Å². The third kappa shape index (κ3) is 4.62. The summed E-state index contributed by atoms with van der Waals surface area (Å²) in [6.07, 6.45) is 0. The van der Waals surface area contributed by atoms with Gasteiger partial charge >= 0.3 is 0 Å². The van der Waals surface area contributed by atoms with Gasteiger partial charge in [0.15, 0.2) is 5.96 Å². The van der Waals surface area contributed by atoms with Gasteiger partial charge in [0, 0.05) is 37.1 Å². The van der Waals surface area contributed by atoms with Crippen LogP contribution in [0, 0.1) is 0 Å². The van der Waals surface area contributed by atoms with Crippen molar-refractivity contribution in [3.8, 4) is 0 Å². The molecule has 1 atom stereocenters. The van der Waals surface area contributed by atoms with Gasteiger partial charge < -0.3 is 10.6 Å². The molecule has 2 N–H and O–H groups in total. The fourth-order valence-electron chi connectivity index (χ4n) is 1.78. The van der Waals surface area contributed by atoms with Crippen LogP contribution in [-0.2, 0) is 0 Å². The first-order valence-electron chi connectivity index (χ1n) is 5.92. The molecule has 0 aromatic carbocycles. The number of rotatable bonds is 3. The van der Waals surface area contributed by atoms with Gasteiger partial charge in [-0.1, -0.05) is 6.92 Å². The first kappa shape index (κ1) is 16.1. The second-order valence-corrected chi connectivity index (χ2v) is 6.26. The first-order valence-corrected chi connectivity index (χ1v) is 8.02. The number of halogens is 1. The number of aliphatic imine (C=N–C) groups is 1. The molecule has 1 aromatic heterocycles. The van der Waals surface area contributed by atoms with Crippen LogP contribution in [0.3, 0.4) is 0 Å². The summed E-state index contributed by atoms with van der Waals surface area (Å²) in [6.45, 7) is 5.05. The number of thioether (sulfide) groups is 1. The Kier molecular flexibility index (Phi) is 7.40. The third-order valence-electron chi connectivity index (χ3n) is 2.97. The maximum absolute atomic E-state index is 6.02. The van der Waals surface area contributed by atoms with Crippen LogP contribution in [0.4, 0.5) is 0 Å². The van der Waals surface area contributed by atoms with E-state index in [-0.39, 0.29) is 24.0 Å². The van der Waals surface area contributed by atoms with Crippen molar-refractivity contribution >= 4 is 53.0 Å². The van der Waals surface area contributed by atoms with Gasteiger partial charge in [-0.25, -0.2) is 0 Å². The molecule has 0 aliphatic carbocycles. The summed E-state index contributed by atoms with van der Waals surface area (Å²) in [5.41, 5.74) is 7.38. The lowest BCUT2D eigenvalue weighted by Crippen LogP contribution is -2.42. The summed E-state index contributed by atoms with van der Waals surface area (Å²) in [7, 11) is 0. The summed E-state index contributed by atoms with van der Waals surface area (Å²) < 4.78 is 0. The van der Waals surface area contributed by atoms with Crippen molar-refractivity contribution in [3.05, 3.63) is 22.4 Å². The van der Waals surface area contributed by atoms with E-state index in [0.29, 0.717) is 11.9 Å². The maximum Gasteiger partial charge on any atom is 0.191 e. The standard InChI is InChI=1S/C12H19N3S2.HI/c1-10(11-2-5-17-9-11)8-14-12(13)15-3-6-16-7-4-15;/h2,5,9-10H,3-4,6-8H2,1H3,(H2,13,14);1H. The lowest BCUT2D eigenvalue weighted by molar-refractivity contribution is 0.455. The van der Waals surface area contributed by atoms with Crippen molar-refractivity contribution in [2.24, 2.45) is 10.7 Å². The zero-order valence-corrected chi connectivity index (χ0v) is 14.5. The van der Waals surface area contributed by atoms with E-state index in [1.165, 1.54) is 5.56 Å². The van der Waals surface area contributed by atoms with Crippen molar-refractivity contribution in [2.75, 3.05) is 31.1 Å². The van der Waals surface area contributed by atoms with Gasteiger partial charge in [0.25, 0.3) is 0 Å². The van der Waals surface area contributed by atoms with E-state index >= 15 is 0 Å². The second kappa shape index (κ2) is 8.27. The van der Waals surface area contributed by atoms with E-state index in [2.05, 4.69) is 33.6 Å². The van der Waals surface area contributed by atoms with Crippen LogP contribution < -0.4 is 5.73 Å². The fraction of sp³-hybridized carbons (Fsp3) is 0.583. The summed E-state index contributed by atoms with van der Waals surface area (Å²) in [5.74, 6) is 3.50. The van der Waals surface area contributed by atoms with Crippen molar-refractivity contribution in [2.45, 2.75) is 12.8 Å². The molecule has 1 aliphatic heterocycles. The third-order valence-corrected chi connectivity index (χ3v) is 4.62. The molecule has 0 radical (unpaired) electrons. The molecule has 0 saturated carbocycles. The Morgan fingerprint density at radius 2 is 2.22 bits per heavy atom. The minimum atomic E-state index is 0. The molecule has 1 aliphatic rings. The van der Waals surface area contributed by atoms with Gasteiger partial charge in [0.2, 0.25) is 0 Å². The molecule has 3 nitrogen and oxygen atoms in total. The molecule has 2 rings (SSSR count). The lowest BCUT2D eigenvalue weighted by atomic mass is 10.1. The highest BCUT2D eigenvalue weighted by atomic mass is 127. The van der Waals surface area contributed by atoms with E-state index in [0.717, 1.165) is 31.1 Å². The van der Waals surface area contributed by atoms with E-state index < -0.39 is 0 Å². The molecule has 0 spiro atoms. The Bertz CT molecular complexity index is 361. The molecular weight excluding hydrogens is 377 g/mol. The number of guanidine groups is 1. The van der Waals surface area contributed by atoms with Crippen molar-refractivity contribution in [3.63, 3.8) is 0 Å². The van der Waals surface area contributed by atoms with Gasteiger partial charge in [-0.05, 0) is 22.4 Å². The SMILES string of the molecule is CC(CN=C(N)N1CCSCC1)c1ccsc1.I. The molecule has 1 fully saturated rings. The summed E-state index contributed by atoms with van der Waals surface area (Å²) in [6, 6.07) is 2.17. The molecule has 1 aromatic rings. The molecule has 1 saturated heterocycles. The van der Waals surface area contributed by atoms with Gasteiger partial charge in [0.1, 0.15) is 0 Å². The smallest absolute Gasteiger partial charge is 0.191 e. The van der Waals surface area contributed by atoms with Crippen LogP contribution in [0.1, 0.15) is 18.4 Å². The molecular formula is C12H20IN3S2. The van der Waals surface area contributed by atoms with E-state index in [4.69, 9.17) is 5.73 Å². The fourth-order valence-corrected chi connectivity index (χ4v) is 3.47. The average Bonchev–Trinajstić information content (AvgIpc) is 2.90. The van der Waals surface area contributed by atoms with Crippen molar-refractivity contribution in [1.82, 2.24) is 4.90 Å². The largest absolute Gasteiger partial charge is 0.370 e. The second-order valence-electron chi connectivity index (χ2n) is 4.26. The van der Waals surface area contributed by atoms with Crippen molar-refractivity contribution in [1.29, 1.82) is 0 Å². The number of hydrogen-bond acceptors (Lipinski definition) is 3. The molecule has 2 heterocycles. The monoisotopic (exact) mass is 397 g/mol. The van der Waals surface area contributed by atoms with Gasteiger partial charge in [-0.15, -0.1) is 24.0 Å². The molecule has 1 unspecified atom stereocenters. The Labute approximate surface area is 134 Å². The molecule has 0 amide bonds. The topological polar surface area (TPSA) is 41.6 Å². The summed E-state index contributed by atoms with van der Waals surface area (Å²) in [5, 5.41) is 4.30. The predicted octanol–water partition coefficient (Wildman–Crippen LogP) is 2.83. The Morgan fingerprint density at radius 3 is 2.83 bits per heavy atom. The summed E-state index contributed by atoms with van der Waals surface area (Å²) in [4.78, 5) is 6.71. The molecule has 18 heavy (non-hydrogen) atoms. The molecule has 0 bridgehead atoms. The van der Waals surface area contributed by atoms with Crippen molar-refractivity contribution < 1.29 is 0 Å². The van der Waals surface area contributed by atoms with Crippen LogP contribution in [0.5, 0.6) is 0 Å².